The minimum absolute atomic E-state index is 0.0184. The van der Waals surface area contributed by atoms with Crippen LogP contribution >= 0.6 is 0 Å². The number of hydrogen-bond acceptors (Lipinski definition) is 5. The Morgan fingerprint density at radius 2 is 2.35 bits per heavy atom. The molecule has 1 heterocycles. The molecule has 6 heteroatoms. The van der Waals surface area contributed by atoms with Crippen LogP contribution in [0.15, 0.2) is 18.2 Å². The third-order valence-corrected chi connectivity index (χ3v) is 3.66. The standard InChI is InChI=1S/C14H21N3O3/c1-2-8-15-12-6-3-7-13(14(12)17(19)20)16-9-4-5-11(16)10-18/h3,6-7,11,15,18H,2,4-5,8-10H2,1H3. The monoisotopic (exact) mass is 279 g/mol. The second-order valence-electron chi connectivity index (χ2n) is 5.03. The van der Waals surface area contributed by atoms with Crippen molar-refractivity contribution < 1.29 is 10.0 Å². The van der Waals surface area contributed by atoms with Crippen molar-refractivity contribution in [1.82, 2.24) is 0 Å². The van der Waals surface area contributed by atoms with Crippen LogP contribution in [-0.4, -0.2) is 35.8 Å². The summed E-state index contributed by atoms with van der Waals surface area (Å²) in [6.45, 7) is 3.51. The maximum Gasteiger partial charge on any atom is 0.315 e. The Hall–Kier alpha value is -1.82. The van der Waals surface area contributed by atoms with Crippen molar-refractivity contribution in [1.29, 1.82) is 0 Å². The number of para-hydroxylation sites is 1. The first-order chi connectivity index (χ1) is 9.69. The first-order valence-corrected chi connectivity index (χ1v) is 7.07. The van der Waals surface area contributed by atoms with Gasteiger partial charge in [0.15, 0.2) is 0 Å². The molecular formula is C14H21N3O3. The van der Waals surface area contributed by atoms with Crippen LogP contribution in [0.2, 0.25) is 0 Å². The van der Waals surface area contributed by atoms with Crippen LogP contribution in [0, 0.1) is 10.1 Å². The van der Waals surface area contributed by atoms with Crippen LogP contribution in [0.4, 0.5) is 17.1 Å². The molecule has 0 spiro atoms. The Morgan fingerprint density at radius 3 is 3.00 bits per heavy atom. The van der Waals surface area contributed by atoms with E-state index in [0.717, 1.165) is 25.8 Å². The fourth-order valence-electron chi connectivity index (χ4n) is 2.70. The fourth-order valence-corrected chi connectivity index (χ4v) is 2.70. The van der Waals surface area contributed by atoms with Gasteiger partial charge in [-0.15, -0.1) is 0 Å². The molecule has 6 nitrogen and oxygen atoms in total. The lowest BCUT2D eigenvalue weighted by Crippen LogP contribution is -2.32. The van der Waals surface area contributed by atoms with Crippen LogP contribution in [0.5, 0.6) is 0 Å². The summed E-state index contributed by atoms with van der Waals surface area (Å²) in [5, 5.41) is 24.0. The second-order valence-corrected chi connectivity index (χ2v) is 5.03. The molecule has 0 aromatic heterocycles. The molecule has 0 radical (unpaired) electrons. The van der Waals surface area contributed by atoms with Gasteiger partial charge in [0.2, 0.25) is 0 Å². The third-order valence-electron chi connectivity index (χ3n) is 3.66. The molecule has 1 saturated heterocycles. The van der Waals surface area contributed by atoms with Crippen LogP contribution in [-0.2, 0) is 0 Å². The lowest BCUT2D eigenvalue weighted by molar-refractivity contribution is -0.383. The Labute approximate surface area is 118 Å². The van der Waals surface area contributed by atoms with Crippen LogP contribution in [0.3, 0.4) is 0 Å². The normalized spacial score (nSPS) is 18.3. The number of nitro benzene ring substituents is 1. The van der Waals surface area contributed by atoms with Crippen LogP contribution in [0.1, 0.15) is 26.2 Å². The van der Waals surface area contributed by atoms with Gasteiger partial charge in [-0.1, -0.05) is 13.0 Å². The molecule has 1 aromatic rings. The van der Waals surface area contributed by atoms with Crippen molar-refractivity contribution >= 4 is 17.1 Å². The van der Waals surface area contributed by atoms with Gasteiger partial charge < -0.3 is 15.3 Å². The van der Waals surface area contributed by atoms with E-state index in [2.05, 4.69) is 5.32 Å². The lowest BCUT2D eigenvalue weighted by atomic mass is 10.1. The molecule has 0 amide bonds. The van der Waals surface area contributed by atoms with Gasteiger partial charge in [0, 0.05) is 13.1 Å². The largest absolute Gasteiger partial charge is 0.394 e. The molecule has 2 N–H and O–H groups in total. The lowest BCUT2D eigenvalue weighted by Gasteiger charge is -2.25. The molecule has 0 aliphatic carbocycles. The van der Waals surface area contributed by atoms with Gasteiger partial charge in [-0.25, -0.2) is 0 Å². The van der Waals surface area contributed by atoms with Crippen molar-refractivity contribution in [2.24, 2.45) is 0 Å². The van der Waals surface area contributed by atoms with Gasteiger partial charge in [-0.05, 0) is 31.4 Å². The van der Waals surface area contributed by atoms with Crippen LogP contribution in [0.25, 0.3) is 0 Å². The minimum atomic E-state index is -0.333. The average Bonchev–Trinajstić information content (AvgIpc) is 2.92. The fraction of sp³-hybridized carbons (Fsp3) is 0.571. The van der Waals surface area contributed by atoms with Crippen molar-refractivity contribution in [3.63, 3.8) is 0 Å². The van der Waals surface area contributed by atoms with Crippen molar-refractivity contribution in [2.45, 2.75) is 32.2 Å². The number of aliphatic hydroxyl groups excluding tert-OH is 1. The number of nitro groups is 1. The van der Waals surface area contributed by atoms with E-state index in [-0.39, 0.29) is 23.3 Å². The molecule has 0 bridgehead atoms. The van der Waals surface area contributed by atoms with E-state index in [9.17, 15) is 15.2 Å². The number of nitrogens with zero attached hydrogens (tertiary/aromatic N) is 2. The summed E-state index contributed by atoms with van der Waals surface area (Å²) < 4.78 is 0. The van der Waals surface area contributed by atoms with E-state index < -0.39 is 0 Å². The molecule has 1 atom stereocenters. The predicted molar refractivity (Wildman–Crippen MR) is 79.3 cm³/mol. The van der Waals surface area contributed by atoms with E-state index >= 15 is 0 Å². The van der Waals surface area contributed by atoms with Gasteiger partial charge in [0.1, 0.15) is 11.4 Å². The molecule has 1 unspecified atom stereocenters. The Balaban J connectivity index is 2.38. The summed E-state index contributed by atoms with van der Waals surface area (Å²) in [7, 11) is 0. The minimum Gasteiger partial charge on any atom is -0.394 e. The highest BCUT2D eigenvalue weighted by molar-refractivity contribution is 5.77. The maximum atomic E-state index is 11.4. The molecule has 1 fully saturated rings. The van der Waals surface area contributed by atoms with Crippen molar-refractivity contribution in [3.8, 4) is 0 Å². The highest BCUT2D eigenvalue weighted by Gasteiger charge is 2.30. The summed E-state index contributed by atoms with van der Waals surface area (Å²) >= 11 is 0. The van der Waals surface area contributed by atoms with E-state index in [1.165, 1.54) is 0 Å². The van der Waals surface area contributed by atoms with E-state index in [4.69, 9.17) is 0 Å². The number of benzene rings is 1. The molecule has 110 valence electrons. The molecule has 1 aliphatic rings. The second kappa shape index (κ2) is 6.56. The topological polar surface area (TPSA) is 78.6 Å². The molecule has 20 heavy (non-hydrogen) atoms. The third kappa shape index (κ3) is 2.85. The first kappa shape index (κ1) is 14.6. The van der Waals surface area contributed by atoms with E-state index in [1.807, 2.05) is 17.9 Å². The SMILES string of the molecule is CCCNc1cccc(N2CCCC2CO)c1[N+](=O)[O-]. The summed E-state index contributed by atoms with van der Waals surface area (Å²) in [5.74, 6) is 0. The molecular weight excluding hydrogens is 258 g/mol. The molecule has 2 rings (SSSR count). The number of nitrogens with one attached hydrogen (secondary N) is 1. The first-order valence-electron chi connectivity index (χ1n) is 7.07. The number of aliphatic hydroxyl groups is 1. The molecule has 1 aromatic carbocycles. The van der Waals surface area contributed by atoms with Gasteiger partial charge in [-0.3, -0.25) is 10.1 Å². The van der Waals surface area contributed by atoms with Crippen molar-refractivity contribution in [2.75, 3.05) is 29.9 Å². The maximum absolute atomic E-state index is 11.4. The quantitative estimate of drug-likeness (QED) is 0.617. The Kier molecular flexibility index (Phi) is 4.79. The van der Waals surface area contributed by atoms with E-state index in [1.54, 1.807) is 12.1 Å². The molecule has 1 aliphatic heterocycles. The number of hydrogen-bond donors (Lipinski definition) is 2. The summed E-state index contributed by atoms with van der Waals surface area (Å²) in [6, 6.07) is 5.31. The zero-order chi connectivity index (χ0) is 14.5. The smallest absolute Gasteiger partial charge is 0.315 e. The zero-order valence-corrected chi connectivity index (χ0v) is 11.7. The van der Waals surface area contributed by atoms with Crippen molar-refractivity contribution in [3.05, 3.63) is 28.3 Å². The Bertz CT molecular complexity index is 479. The van der Waals surface area contributed by atoms with Gasteiger partial charge in [0.05, 0.1) is 17.6 Å². The summed E-state index contributed by atoms with van der Waals surface area (Å²) in [6.07, 6.45) is 2.74. The highest BCUT2D eigenvalue weighted by atomic mass is 16.6. The number of anilines is 2. The Morgan fingerprint density at radius 1 is 1.55 bits per heavy atom. The summed E-state index contributed by atoms with van der Waals surface area (Å²) in [4.78, 5) is 13.1. The van der Waals surface area contributed by atoms with Crippen LogP contribution < -0.4 is 10.2 Å². The predicted octanol–water partition coefficient (Wildman–Crippen LogP) is 2.38. The van der Waals surface area contributed by atoms with E-state index in [0.29, 0.717) is 17.9 Å². The van der Waals surface area contributed by atoms with Gasteiger partial charge in [-0.2, -0.15) is 0 Å². The van der Waals surface area contributed by atoms with Gasteiger partial charge in [0.25, 0.3) is 0 Å². The highest BCUT2D eigenvalue weighted by Crippen LogP contribution is 2.38. The number of rotatable bonds is 6. The van der Waals surface area contributed by atoms with Gasteiger partial charge >= 0.3 is 5.69 Å². The molecule has 0 saturated carbocycles. The zero-order valence-electron chi connectivity index (χ0n) is 11.7. The summed E-state index contributed by atoms with van der Waals surface area (Å²) in [5.41, 5.74) is 1.27. The average molecular weight is 279 g/mol.